The van der Waals surface area contributed by atoms with Crippen molar-refractivity contribution in [1.82, 2.24) is 0 Å². The minimum Gasteiger partial charge on any atom is -0.207 e. The van der Waals surface area contributed by atoms with Gasteiger partial charge in [-0.2, -0.15) is 0 Å². The van der Waals surface area contributed by atoms with Crippen molar-refractivity contribution in [2.75, 3.05) is 0 Å². The van der Waals surface area contributed by atoms with E-state index in [9.17, 15) is 13.2 Å². The molecule has 2 rings (SSSR count). The van der Waals surface area contributed by atoms with E-state index >= 15 is 0 Å². The minimum absolute atomic E-state index is 0.129. The molecule has 0 aliphatic carbocycles. The van der Waals surface area contributed by atoms with Gasteiger partial charge in [0.25, 0.3) is 0 Å². The second-order valence-corrected chi connectivity index (χ2v) is 4.22. The summed E-state index contributed by atoms with van der Waals surface area (Å²) in [6.45, 7) is 1.93. The molecule has 0 aliphatic heterocycles. The van der Waals surface area contributed by atoms with Gasteiger partial charge in [0.1, 0.15) is 17.5 Å². The minimum atomic E-state index is -0.592. The van der Waals surface area contributed by atoms with E-state index in [4.69, 9.17) is 0 Å². The van der Waals surface area contributed by atoms with Gasteiger partial charge in [0.05, 0.1) is 0 Å². The Kier molecular flexibility index (Phi) is 3.70. The van der Waals surface area contributed by atoms with Crippen LogP contribution in [0.3, 0.4) is 0 Å². The monoisotopic (exact) mass is 250 g/mol. The largest absolute Gasteiger partial charge is 0.207 e. The van der Waals surface area contributed by atoms with Crippen LogP contribution in [0, 0.1) is 17.5 Å². The normalized spacial score (nSPS) is 12.4. The average Bonchev–Trinajstić information content (AvgIpc) is 2.31. The first-order valence-corrected chi connectivity index (χ1v) is 5.81. The Morgan fingerprint density at radius 2 is 1.33 bits per heavy atom. The molecule has 94 valence electrons. The van der Waals surface area contributed by atoms with Crippen LogP contribution in [-0.4, -0.2) is 0 Å². The molecule has 0 saturated carbocycles. The van der Waals surface area contributed by atoms with Crippen LogP contribution in [0.1, 0.15) is 30.4 Å². The Morgan fingerprint density at radius 1 is 0.778 bits per heavy atom. The smallest absolute Gasteiger partial charge is 0.126 e. The Balaban J connectivity index is 2.41. The number of benzene rings is 2. The van der Waals surface area contributed by atoms with Gasteiger partial charge in [0.15, 0.2) is 0 Å². The van der Waals surface area contributed by atoms with Gasteiger partial charge in [0.2, 0.25) is 0 Å². The average molecular weight is 250 g/mol. The van der Waals surface area contributed by atoms with E-state index in [0.29, 0.717) is 12.0 Å². The van der Waals surface area contributed by atoms with Gasteiger partial charge in [-0.05, 0) is 41.8 Å². The van der Waals surface area contributed by atoms with E-state index in [1.54, 1.807) is 12.1 Å². The van der Waals surface area contributed by atoms with Crippen molar-refractivity contribution in [2.24, 2.45) is 0 Å². The SMILES string of the molecule is CCC(c1ccc(F)cc1)c1cc(F)cc(F)c1. The number of hydrogen-bond acceptors (Lipinski definition) is 0. The first-order valence-electron chi connectivity index (χ1n) is 5.81. The number of hydrogen-bond donors (Lipinski definition) is 0. The maximum atomic E-state index is 13.2. The summed E-state index contributed by atoms with van der Waals surface area (Å²) in [6.07, 6.45) is 0.689. The fourth-order valence-electron chi connectivity index (χ4n) is 2.14. The summed E-state index contributed by atoms with van der Waals surface area (Å²) in [5.41, 5.74) is 1.42. The van der Waals surface area contributed by atoms with Crippen LogP contribution in [0.25, 0.3) is 0 Å². The van der Waals surface area contributed by atoms with Gasteiger partial charge in [0, 0.05) is 12.0 Å². The third-order valence-electron chi connectivity index (χ3n) is 2.97. The summed E-state index contributed by atoms with van der Waals surface area (Å²) in [6, 6.07) is 9.49. The third kappa shape index (κ3) is 2.73. The topological polar surface area (TPSA) is 0 Å². The lowest BCUT2D eigenvalue weighted by Crippen LogP contribution is -2.01. The second-order valence-electron chi connectivity index (χ2n) is 4.22. The van der Waals surface area contributed by atoms with Crippen LogP contribution in [0.5, 0.6) is 0 Å². The number of halogens is 3. The van der Waals surface area contributed by atoms with Crippen molar-refractivity contribution in [1.29, 1.82) is 0 Å². The van der Waals surface area contributed by atoms with Crippen LogP contribution < -0.4 is 0 Å². The Labute approximate surface area is 104 Å². The molecular weight excluding hydrogens is 237 g/mol. The van der Waals surface area contributed by atoms with Gasteiger partial charge in [-0.25, -0.2) is 13.2 Å². The lowest BCUT2D eigenvalue weighted by Gasteiger charge is -2.16. The predicted molar refractivity (Wildman–Crippen MR) is 64.9 cm³/mol. The Bertz CT molecular complexity index is 512. The molecule has 0 amide bonds. The van der Waals surface area contributed by atoms with Gasteiger partial charge in [-0.1, -0.05) is 19.1 Å². The van der Waals surface area contributed by atoms with E-state index in [-0.39, 0.29) is 11.7 Å². The van der Waals surface area contributed by atoms with E-state index in [0.717, 1.165) is 11.6 Å². The van der Waals surface area contributed by atoms with Crippen LogP contribution in [0.2, 0.25) is 0 Å². The van der Waals surface area contributed by atoms with Crippen LogP contribution >= 0.6 is 0 Å². The zero-order valence-electron chi connectivity index (χ0n) is 9.96. The first kappa shape index (κ1) is 12.7. The molecule has 1 atom stereocenters. The standard InChI is InChI=1S/C15H13F3/c1-2-15(10-3-5-12(16)6-4-10)11-7-13(17)9-14(18)8-11/h3-9,15H,2H2,1H3. The summed E-state index contributed by atoms with van der Waals surface area (Å²) >= 11 is 0. The molecule has 1 unspecified atom stereocenters. The van der Waals surface area contributed by atoms with Gasteiger partial charge in [-0.3, -0.25) is 0 Å². The summed E-state index contributed by atoms with van der Waals surface area (Å²) in [4.78, 5) is 0. The van der Waals surface area contributed by atoms with Gasteiger partial charge >= 0.3 is 0 Å². The fraction of sp³-hybridized carbons (Fsp3) is 0.200. The molecular formula is C15H13F3. The summed E-state index contributed by atoms with van der Waals surface area (Å²) < 4.78 is 39.3. The highest BCUT2D eigenvalue weighted by Gasteiger charge is 2.14. The molecule has 0 aliphatic rings. The highest BCUT2D eigenvalue weighted by molar-refractivity contribution is 5.33. The summed E-state index contributed by atoms with van der Waals surface area (Å²) in [5, 5.41) is 0. The highest BCUT2D eigenvalue weighted by atomic mass is 19.1. The van der Waals surface area contributed by atoms with Crippen molar-refractivity contribution in [3.63, 3.8) is 0 Å². The molecule has 0 aromatic heterocycles. The van der Waals surface area contributed by atoms with Gasteiger partial charge in [-0.15, -0.1) is 0 Å². The van der Waals surface area contributed by atoms with Crippen molar-refractivity contribution in [2.45, 2.75) is 19.3 Å². The van der Waals surface area contributed by atoms with Crippen molar-refractivity contribution >= 4 is 0 Å². The zero-order chi connectivity index (χ0) is 13.1. The van der Waals surface area contributed by atoms with Crippen molar-refractivity contribution in [3.8, 4) is 0 Å². The maximum absolute atomic E-state index is 13.2. The first-order chi connectivity index (χ1) is 8.60. The lowest BCUT2D eigenvalue weighted by atomic mass is 9.89. The van der Waals surface area contributed by atoms with Gasteiger partial charge < -0.3 is 0 Å². The molecule has 0 spiro atoms. The molecule has 0 saturated heterocycles. The summed E-state index contributed by atoms with van der Waals surface area (Å²) in [5.74, 6) is -1.63. The quantitative estimate of drug-likeness (QED) is 0.744. The van der Waals surface area contributed by atoms with Crippen molar-refractivity contribution < 1.29 is 13.2 Å². The number of rotatable bonds is 3. The molecule has 0 heterocycles. The van der Waals surface area contributed by atoms with Crippen LogP contribution in [0.15, 0.2) is 42.5 Å². The molecule has 0 bridgehead atoms. The van der Waals surface area contributed by atoms with E-state index < -0.39 is 11.6 Å². The molecule has 0 fully saturated rings. The molecule has 3 heteroatoms. The maximum Gasteiger partial charge on any atom is 0.126 e. The summed E-state index contributed by atoms with van der Waals surface area (Å²) in [7, 11) is 0. The lowest BCUT2D eigenvalue weighted by molar-refractivity contribution is 0.575. The van der Waals surface area contributed by atoms with E-state index in [2.05, 4.69) is 0 Å². The molecule has 0 radical (unpaired) electrons. The molecule has 0 nitrogen and oxygen atoms in total. The zero-order valence-corrected chi connectivity index (χ0v) is 9.96. The molecule has 18 heavy (non-hydrogen) atoms. The molecule has 2 aromatic rings. The van der Waals surface area contributed by atoms with Crippen LogP contribution in [-0.2, 0) is 0 Å². The van der Waals surface area contributed by atoms with E-state index in [1.165, 1.54) is 24.3 Å². The van der Waals surface area contributed by atoms with E-state index in [1.807, 2.05) is 6.92 Å². The fourth-order valence-corrected chi connectivity index (χ4v) is 2.14. The predicted octanol–water partition coefficient (Wildman–Crippen LogP) is 4.65. The third-order valence-corrected chi connectivity index (χ3v) is 2.97. The van der Waals surface area contributed by atoms with Crippen LogP contribution in [0.4, 0.5) is 13.2 Å². The Hall–Kier alpha value is -1.77. The highest BCUT2D eigenvalue weighted by Crippen LogP contribution is 2.28. The second kappa shape index (κ2) is 5.25. The Morgan fingerprint density at radius 3 is 1.83 bits per heavy atom. The molecule has 0 N–H and O–H groups in total. The molecule has 2 aromatic carbocycles. The van der Waals surface area contributed by atoms with Crippen molar-refractivity contribution in [3.05, 3.63) is 71.0 Å².